The van der Waals surface area contributed by atoms with E-state index in [9.17, 15) is 19.8 Å². The molecule has 0 aliphatic heterocycles. The molecule has 5 heteroatoms. The molecule has 0 spiro atoms. The maximum atomic E-state index is 12.0. The molecule has 1 rings (SSSR count). The van der Waals surface area contributed by atoms with Crippen LogP contribution in [0.3, 0.4) is 0 Å². The number of carbonyl (C=O) groups excluding carboxylic acids is 1. The van der Waals surface area contributed by atoms with Crippen LogP contribution in [0, 0.1) is 11.8 Å². The summed E-state index contributed by atoms with van der Waals surface area (Å²) in [6, 6.07) is 0. The summed E-state index contributed by atoms with van der Waals surface area (Å²) in [4.78, 5) is 22.5. The highest BCUT2D eigenvalue weighted by molar-refractivity contribution is 5.84. The summed E-state index contributed by atoms with van der Waals surface area (Å²) in [6.45, 7) is 2.11. The summed E-state index contributed by atoms with van der Waals surface area (Å²) in [6.07, 6.45) is 8.20. The first-order valence-electron chi connectivity index (χ1n) is 8.74. The molecule has 1 aliphatic carbocycles. The number of ketones is 1. The molecule has 0 aromatic heterocycles. The number of carbonyl (C=O) groups is 2. The number of unbranched alkanes of at least 4 members (excludes halogenated alkanes) is 3. The zero-order valence-corrected chi connectivity index (χ0v) is 14.0. The lowest BCUT2D eigenvalue weighted by Crippen LogP contribution is -2.19. The molecule has 0 amide bonds. The fourth-order valence-corrected chi connectivity index (χ4v) is 3.19. The standard InChI is InChI=1S/C18H30O5/c1-2-3-4-7-13(19)10-11-15-14(16(20)12-17(15)21)8-5-6-9-18(22)23/h10-11,13-15,17,19,21H,2-9,12H2,1H3,(H,22,23)/b11-10+/t13-,14+,15+,17+/m0/s1. The monoisotopic (exact) mass is 326 g/mol. The molecule has 23 heavy (non-hydrogen) atoms. The topological polar surface area (TPSA) is 94.8 Å². The molecule has 1 fully saturated rings. The van der Waals surface area contributed by atoms with Crippen LogP contribution < -0.4 is 0 Å². The van der Waals surface area contributed by atoms with Crippen molar-refractivity contribution < 1.29 is 24.9 Å². The number of Topliss-reactive ketones (excluding diaryl/α,β-unsaturated/α-hetero) is 1. The summed E-state index contributed by atoms with van der Waals surface area (Å²) in [5.74, 6) is -1.29. The van der Waals surface area contributed by atoms with E-state index in [1.165, 1.54) is 0 Å². The normalized spacial score (nSPS) is 26.0. The Labute approximate surface area is 138 Å². The third kappa shape index (κ3) is 7.27. The number of hydrogen-bond donors (Lipinski definition) is 3. The summed E-state index contributed by atoms with van der Waals surface area (Å²) in [5, 5.41) is 28.6. The summed E-state index contributed by atoms with van der Waals surface area (Å²) in [7, 11) is 0. The molecule has 1 aliphatic rings. The van der Waals surface area contributed by atoms with Gasteiger partial charge in [0.1, 0.15) is 5.78 Å². The van der Waals surface area contributed by atoms with Gasteiger partial charge >= 0.3 is 5.97 Å². The Kier molecular flexibility index (Phi) is 9.10. The molecule has 0 radical (unpaired) electrons. The molecule has 0 aromatic rings. The maximum absolute atomic E-state index is 12.0. The van der Waals surface area contributed by atoms with Crippen LogP contribution in [0.1, 0.15) is 64.7 Å². The van der Waals surface area contributed by atoms with Gasteiger partial charge in [0.2, 0.25) is 0 Å². The van der Waals surface area contributed by atoms with E-state index >= 15 is 0 Å². The van der Waals surface area contributed by atoms with Crippen molar-refractivity contribution in [3.05, 3.63) is 12.2 Å². The van der Waals surface area contributed by atoms with E-state index in [4.69, 9.17) is 5.11 Å². The zero-order valence-electron chi connectivity index (χ0n) is 14.0. The van der Waals surface area contributed by atoms with Gasteiger partial charge in [-0.05, 0) is 19.3 Å². The van der Waals surface area contributed by atoms with Gasteiger partial charge in [0.05, 0.1) is 12.2 Å². The van der Waals surface area contributed by atoms with Gasteiger partial charge in [-0.1, -0.05) is 44.8 Å². The Balaban J connectivity index is 2.48. The number of hydrogen-bond acceptors (Lipinski definition) is 4. The van der Waals surface area contributed by atoms with Gasteiger partial charge in [-0.3, -0.25) is 9.59 Å². The van der Waals surface area contributed by atoms with Gasteiger partial charge < -0.3 is 15.3 Å². The molecule has 0 heterocycles. The third-order valence-corrected chi connectivity index (χ3v) is 4.55. The van der Waals surface area contributed by atoms with Crippen molar-refractivity contribution in [1.82, 2.24) is 0 Å². The van der Waals surface area contributed by atoms with Crippen molar-refractivity contribution in [2.45, 2.75) is 76.9 Å². The Bertz CT molecular complexity index is 404. The second kappa shape index (κ2) is 10.6. The van der Waals surface area contributed by atoms with Gasteiger partial charge in [-0.2, -0.15) is 0 Å². The molecule has 1 saturated carbocycles. The van der Waals surface area contributed by atoms with E-state index in [1.54, 1.807) is 12.2 Å². The quantitative estimate of drug-likeness (QED) is 0.401. The molecule has 0 saturated heterocycles. The summed E-state index contributed by atoms with van der Waals surface area (Å²) < 4.78 is 0. The Hall–Kier alpha value is -1.20. The van der Waals surface area contributed by atoms with Crippen LogP contribution in [0.4, 0.5) is 0 Å². The first-order chi connectivity index (χ1) is 11.0. The largest absolute Gasteiger partial charge is 0.481 e. The van der Waals surface area contributed by atoms with Crippen LogP contribution in [-0.4, -0.2) is 39.3 Å². The minimum Gasteiger partial charge on any atom is -0.481 e. The zero-order chi connectivity index (χ0) is 17.2. The number of aliphatic carboxylic acids is 1. The van der Waals surface area contributed by atoms with Gasteiger partial charge in [0.25, 0.3) is 0 Å². The van der Waals surface area contributed by atoms with Crippen LogP contribution in [0.25, 0.3) is 0 Å². The average molecular weight is 326 g/mol. The molecule has 132 valence electrons. The SMILES string of the molecule is CCCCC[C@H](O)/C=C/[C@H]1[C@H](O)CC(=O)[C@@H]1CCCCC(=O)O. The van der Waals surface area contributed by atoms with E-state index in [2.05, 4.69) is 6.92 Å². The number of carboxylic acid groups (broad SMARTS) is 1. The summed E-state index contributed by atoms with van der Waals surface area (Å²) in [5.41, 5.74) is 0. The van der Waals surface area contributed by atoms with Crippen molar-refractivity contribution in [2.75, 3.05) is 0 Å². The van der Waals surface area contributed by atoms with Crippen LogP contribution in [0.5, 0.6) is 0 Å². The van der Waals surface area contributed by atoms with Crippen molar-refractivity contribution in [3.8, 4) is 0 Å². The van der Waals surface area contributed by atoms with E-state index in [0.717, 1.165) is 19.3 Å². The average Bonchev–Trinajstić information content (AvgIpc) is 2.75. The lowest BCUT2D eigenvalue weighted by Gasteiger charge is -2.18. The number of rotatable bonds is 11. The van der Waals surface area contributed by atoms with E-state index in [1.807, 2.05) is 0 Å². The predicted molar refractivity (Wildman–Crippen MR) is 88.0 cm³/mol. The number of aliphatic hydroxyl groups is 2. The Morgan fingerprint density at radius 2 is 2.04 bits per heavy atom. The van der Waals surface area contributed by atoms with Gasteiger partial charge in [-0.15, -0.1) is 0 Å². The third-order valence-electron chi connectivity index (χ3n) is 4.55. The smallest absolute Gasteiger partial charge is 0.303 e. The van der Waals surface area contributed by atoms with Gasteiger partial charge in [0.15, 0.2) is 0 Å². The highest BCUT2D eigenvalue weighted by Gasteiger charge is 2.39. The number of carboxylic acids is 1. The molecule has 5 nitrogen and oxygen atoms in total. The highest BCUT2D eigenvalue weighted by atomic mass is 16.4. The van der Waals surface area contributed by atoms with Crippen LogP contribution in [0.15, 0.2) is 12.2 Å². The van der Waals surface area contributed by atoms with E-state index in [0.29, 0.717) is 25.7 Å². The molecule has 0 unspecified atom stereocenters. The van der Waals surface area contributed by atoms with Crippen LogP contribution in [0.2, 0.25) is 0 Å². The molecule has 3 N–H and O–H groups in total. The summed E-state index contributed by atoms with van der Waals surface area (Å²) >= 11 is 0. The second-order valence-electron chi connectivity index (χ2n) is 6.51. The first kappa shape index (κ1) is 19.8. The van der Waals surface area contributed by atoms with E-state index < -0.39 is 18.2 Å². The van der Waals surface area contributed by atoms with E-state index in [-0.39, 0.29) is 30.5 Å². The van der Waals surface area contributed by atoms with Crippen LogP contribution in [-0.2, 0) is 9.59 Å². The van der Waals surface area contributed by atoms with Crippen molar-refractivity contribution in [1.29, 1.82) is 0 Å². The fraction of sp³-hybridized carbons (Fsp3) is 0.778. The van der Waals surface area contributed by atoms with Crippen LogP contribution >= 0.6 is 0 Å². The maximum Gasteiger partial charge on any atom is 0.303 e. The highest BCUT2D eigenvalue weighted by Crippen LogP contribution is 2.34. The molecule has 0 aromatic carbocycles. The lowest BCUT2D eigenvalue weighted by molar-refractivity contribution is -0.137. The molecular formula is C18H30O5. The minimum atomic E-state index is -0.825. The predicted octanol–water partition coefficient (Wildman–Crippen LogP) is 2.69. The van der Waals surface area contributed by atoms with Gasteiger partial charge in [-0.25, -0.2) is 0 Å². The first-order valence-corrected chi connectivity index (χ1v) is 8.74. The lowest BCUT2D eigenvalue weighted by atomic mass is 9.88. The van der Waals surface area contributed by atoms with Gasteiger partial charge in [0, 0.05) is 24.7 Å². The number of aliphatic hydroxyl groups excluding tert-OH is 2. The molecular weight excluding hydrogens is 296 g/mol. The Morgan fingerprint density at radius 1 is 1.30 bits per heavy atom. The minimum absolute atomic E-state index is 0.0444. The second-order valence-corrected chi connectivity index (χ2v) is 6.51. The Morgan fingerprint density at radius 3 is 2.70 bits per heavy atom. The van der Waals surface area contributed by atoms with Crippen molar-refractivity contribution >= 4 is 11.8 Å². The van der Waals surface area contributed by atoms with Crippen molar-refractivity contribution in [2.24, 2.45) is 11.8 Å². The molecule has 4 atom stereocenters. The van der Waals surface area contributed by atoms with Crippen molar-refractivity contribution in [3.63, 3.8) is 0 Å². The fourth-order valence-electron chi connectivity index (χ4n) is 3.19. The molecule has 0 bridgehead atoms.